The zero-order valence-electron chi connectivity index (χ0n) is 15.5. The van der Waals surface area contributed by atoms with Crippen LogP contribution < -0.4 is 10.1 Å². The van der Waals surface area contributed by atoms with E-state index in [-0.39, 0.29) is 24.7 Å². The number of carbonyl (C=O) groups excluding carboxylic acids is 2. The molecule has 0 bridgehead atoms. The second-order valence-electron chi connectivity index (χ2n) is 6.44. The van der Waals surface area contributed by atoms with Gasteiger partial charge in [-0.1, -0.05) is 63.9 Å². The topological polar surface area (TPSA) is 55.4 Å². The lowest BCUT2D eigenvalue weighted by Crippen LogP contribution is -2.24. The molecule has 3 aromatic rings. The number of rotatable bonds is 8. The van der Waals surface area contributed by atoms with E-state index in [0.717, 1.165) is 15.6 Å². The number of nitrogens with one attached hydrogen (secondary N) is 1. The molecule has 1 N–H and O–H groups in total. The van der Waals surface area contributed by atoms with Crippen LogP contribution in [-0.4, -0.2) is 18.3 Å². The summed E-state index contributed by atoms with van der Waals surface area (Å²) >= 11 is 9.25. The molecule has 3 aromatic carbocycles. The molecule has 0 aliphatic carbocycles. The zero-order chi connectivity index (χ0) is 20.6. The van der Waals surface area contributed by atoms with Crippen molar-refractivity contribution in [3.8, 4) is 5.75 Å². The van der Waals surface area contributed by atoms with Crippen LogP contribution >= 0.6 is 27.5 Å². The van der Waals surface area contributed by atoms with E-state index in [9.17, 15) is 9.59 Å². The minimum Gasteiger partial charge on any atom is -0.485 e. The summed E-state index contributed by atoms with van der Waals surface area (Å²) in [4.78, 5) is 24.8. The largest absolute Gasteiger partial charge is 0.485 e. The van der Waals surface area contributed by atoms with Gasteiger partial charge in [-0.2, -0.15) is 0 Å². The average molecular weight is 473 g/mol. The molecule has 0 saturated carbocycles. The quantitative estimate of drug-likeness (QED) is 0.489. The Morgan fingerprint density at radius 3 is 2.28 bits per heavy atom. The molecule has 0 radical (unpaired) electrons. The molecule has 0 unspecified atom stereocenters. The smallest absolute Gasteiger partial charge is 0.255 e. The van der Waals surface area contributed by atoms with Gasteiger partial charge in [0.2, 0.25) is 0 Å². The first kappa shape index (κ1) is 21.1. The molecule has 0 saturated heterocycles. The predicted octanol–water partition coefficient (Wildman–Crippen LogP) is 5.22. The fraction of sp³-hybridized carbons (Fsp3) is 0.130. The van der Waals surface area contributed by atoms with Gasteiger partial charge in [0.25, 0.3) is 5.91 Å². The maximum Gasteiger partial charge on any atom is 0.255 e. The number of hydrogen-bond acceptors (Lipinski definition) is 3. The van der Waals surface area contributed by atoms with Crippen LogP contribution in [0, 0.1) is 0 Å². The number of carbonyl (C=O) groups is 2. The van der Waals surface area contributed by atoms with Gasteiger partial charge in [-0.25, -0.2) is 0 Å². The van der Waals surface area contributed by atoms with Gasteiger partial charge in [0.15, 0.2) is 5.78 Å². The molecular weight excluding hydrogens is 454 g/mol. The van der Waals surface area contributed by atoms with E-state index in [1.54, 1.807) is 36.4 Å². The van der Waals surface area contributed by atoms with Crippen LogP contribution in [0.3, 0.4) is 0 Å². The average Bonchev–Trinajstić information content (AvgIpc) is 2.73. The minimum absolute atomic E-state index is 0.0660. The number of Topliss-reactive ketones (excluding diaryl/α,β-unsaturated/α-hetero) is 1. The number of ketones is 1. The molecule has 6 heteroatoms. The Balaban J connectivity index is 1.57. The molecular formula is C23H19BrClNO3. The van der Waals surface area contributed by atoms with E-state index in [4.69, 9.17) is 16.3 Å². The number of para-hydroxylation sites is 1. The van der Waals surface area contributed by atoms with Gasteiger partial charge < -0.3 is 10.1 Å². The van der Waals surface area contributed by atoms with Gasteiger partial charge in [0.05, 0.1) is 5.56 Å². The Morgan fingerprint density at radius 2 is 1.55 bits per heavy atom. The third-order valence-electron chi connectivity index (χ3n) is 4.20. The van der Waals surface area contributed by atoms with Crippen LogP contribution in [0.5, 0.6) is 5.75 Å². The molecule has 0 spiro atoms. The Hall–Kier alpha value is -2.63. The van der Waals surface area contributed by atoms with Crippen molar-refractivity contribution in [2.75, 3.05) is 6.61 Å². The first-order valence-electron chi connectivity index (χ1n) is 9.02. The molecule has 3 rings (SSSR count). The van der Waals surface area contributed by atoms with E-state index in [2.05, 4.69) is 21.2 Å². The van der Waals surface area contributed by atoms with Crippen molar-refractivity contribution in [2.24, 2.45) is 0 Å². The highest BCUT2D eigenvalue weighted by atomic mass is 79.9. The van der Waals surface area contributed by atoms with Crippen LogP contribution in [0.25, 0.3) is 0 Å². The van der Waals surface area contributed by atoms with Gasteiger partial charge in [0.1, 0.15) is 12.4 Å². The molecule has 148 valence electrons. The number of halogens is 2. The van der Waals surface area contributed by atoms with Gasteiger partial charge in [-0.05, 0) is 47.5 Å². The van der Waals surface area contributed by atoms with Gasteiger partial charge >= 0.3 is 0 Å². The summed E-state index contributed by atoms with van der Waals surface area (Å²) in [6.45, 7) is 0.268. The molecule has 0 fully saturated rings. The summed E-state index contributed by atoms with van der Waals surface area (Å²) in [7, 11) is 0. The second-order valence-corrected chi connectivity index (χ2v) is 7.79. The maximum atomic E-state index is 12.6. The van der Waals surface area contributed by atoms with Crippen molar-refractivity contribution in [1.29, 1.82) is 0 Å². The number of ether oxygens (including phenoxy) is 1. The molecule has 1 amide bonds. The van der Waals surface area contributed by atoms with Crippen LogP contribution in [0.15, 0.2) is 77.3 Å². The summed E-state index contributed by atoms with van der Waals surface area (Å²) in [6.07, 6.45) is 0.276. The van der Waals surface area contributed by atoms with Crippen molar-refractivity contribution in [3.05, 3.63) is 99.0 Å². The molecule has 0 heterocycles. The number of benzene rings is 3. The highest BCUT2D eigenvalue weighted by Crippen LogP contribution is 2.19. The van der Waals surface area contributed by atoms with Crippen molar-refractivity contribution >= 4 is 39.2 Å². The Bertz CT molecular complexity index is 988. The van der Waals surface area contributed by atoms with Crippen LogP contribution in [0.4, 0.5) is 0 Å². The van der Waals surface area contributed by atoms with Crippen molar-refractivity contribution in [1.82, 2.24) is 5.32 Å². The summed E-state index contributed by atoms with van der Waals surface area (Å²) in [5, 5.41) is 3.50. The monoisotopic (exact) mass is 471 g/mol. The summed E-state index contributed by atoms with van der Waals surface area (Å²) in [6, 6.07) is 21.7. The first-order valence-corrected chi connectivity index (χ1v) is 10.2. The van der Waals surface area contributed by atoms with Crippen molar-refractivity contribution in [3.63, 3.8) is 0 Å². The lowest BCUT2D eigenvalue weighted by molar-refractivity contribution is -0.120. The fourth-order valence-electron chi connectivity index (χ4n) is 2.70. The van der Waals surface area contributed by atoms with Gasteiger partial charge in [-0.3, -0.25) is 9.59 Å². The molecule has 0 aliphatic heterocycles. The lowest BCUT2D eigenvalue weighted by Gasteiger charge is -2.11. The van der Waals surface area contributed by atoms with Crippen LogP contribution in [0.1, 0.15) is 21.5 Å². The Morgan fingerprint density at radius 1 is 0.897 bits per heavy atom. The van der Waals surface area contributed by atoms with Gasteiger partial charge in [0, 0.05) is 22.5 Å². The van der Waals surface area contributed by atoms with E-state index in [1.165, 1.54) is 0 Å². The van der Waals surface area contributed by atoms with Crippen LogP contribution in [0.2, 0.25) is 5.02 Å². The van der Waals surface area contributed by atoms with E-state index in [0.29, 0.717) is 22.9 Å². The maximum absolute atomic E-state index is 12.6. The summed E-state index contributed by atoms with van der Waals surface area (Å²) in [5.74, 6) is 0.0462. The Labute approximate surface area is 183 Å². The third kappa shape index (κ3) is 6.44. The second kappa shape index (κ2) is 10.2. The minimum atomic E-state index is -0.268. The third-order valence-corrected chi connectivity index (χ3v) is 4.98. The summed E-state index contributed by atoms with van der Waals surface area (Å²) in [5.41, 5.74) is 2.24. The standard InChI is InChI=1S/C23H19BrClNO3/c24-18-9-5-16(6-10-18)13-20(27)15-29-22-4-2-1-3-21(22)23(28)26-14-17-7-11-19(25)12-8-17/h1-12H,13-15H2,(H,26,28). The van der Waals surface area contributed by atoms with E-state index >= 15 is 0 Å². The molecule has 0 atom stereocenters. The van der Waals surface area contributed by atoms with E-state index in [1.807, 2.05) is 36.4 Å². The number of amides is 1. The van der Waals surface area contributed by atoms with Crippen molar-refractivity contribution in [2.45, 2.75) is 13.0 Å². The fourth-order valence-corrected chi connectivity index (χ4v) is 3.09. The number of hydrogen-bond donors (Lipinski definition) is 1. The molecule has 0 aliphatic rings. The Kier molecular flexibility index (Phi) is 7.44. The highest BCUT2D eigenvalue weighted by Gasteiger charge is 2.13. The summed E-state index contributed by atoms with van der Waals surface area (Å²) < 4.78 is 6.61. The molecule has 29 heavy (non-hydrogen) atoms. The normalized spacial score (nSPS) is 10.4. The van der Waals surface area contributed by atoms with Gasteiger partial charge in [-0.15, -0.1) is 0 Å². The van der Waals surface area contributed by atoms with E-state index < -0.39 is 0 Å². The van der Waals surface area contributed by atoms with Crippen molar-refractivity contribution < 1.29 is 14.3 Å². The molecule has 4 nitrogen and oxygen atoms in total. The zero-order valence-corrected chi connectivity index (χ0v) is 17.9. The lowest BCUT2D eigenvalue weighted by atomic mass is 10.1. The highest BCUT2D eigenvalue weighted by molar-refractivity contribution is 9.10. The van der Waals surface area contributed by atoms with Crippen LogP contribution in [-0.2, 0) is 17.8 Å². The molecule has 0 aromatic heterocycles. The predicted molar refractivity (Wildman–Crippen MR) is 117 cm³/mol. The SMILES string of the molecule is O=C(COc1ccccc1C(=O)NCc1ccc(Cl)cc1)Cc1ccc(Br)cc1. The first-order chi connectivity index (χ1) is 14.0.